The topological polar surface area (TPSA) is 40.6 Å². The third-order valence-corrected chi connectivity index (χ3v) is 7.44. The maximum absolute atomic E-state index is 14.0. The number of hydrogen-bond donors (Lipinski definition) is 0. The Kier molecular flexibility index (Phi) is 7.94. The number of nitrogens with zero attached hydrogens (tertiary/aromatic N) is 2. The van der Waals surface area contributed by atoms with Gasteiger partial charge in [0.2, 0.25) is 0 Å². The highest BCUT2D eigenvalue weighted by atomic mass is 16.1. The number of aryl methyl sites for hydroxylation is 1. The molecule has 1 aliphatic rings. The predicted molar refractivity (Wildman–Crippen MR) is 142 cm³/mol. The third-order valence-electron chi connectivity index (χ3n) is 7.44. The molecule has 3 aromatic rings. The van der Waals surface area contributed by atoms with Crippen LogP contribution in [-0.4, -0.2) is 61.6 Å². The molecule has 4 rings (SSSR count). The van der Waals surface area contributed by atoms with Gasteiger partial charge in [0.25, 0.3) is 0 Å². The first-order chi connectivity index (χ1) is 16.9. The normalized spacial score (nSPS) is 19.1. The monoisotopic (exact) mass is 468 g/mol. The van der Waals surface area contributed by atoms with Crippen LogP contribution in [0.2, 0.25) is 0 Å². The van der Waals surface area contributed by atoms with Crippen LogP contribution in [0, 0.1) is 25.7 Å². The van der Waals surface area contributed by atoms with Crippen molar-refractivity contribution in [1.82, 2.24) is 9.80 Å². The van der Waals surface area contributed by atoms with Crippen molar-refractivity contribution < 1.29 is 9.59 Å². The van der Waals surface area contributed by atoms with Crippen molar-refractivity contribution in [2.75, 3.05) is 40.3 Å². The Bertz CT molecular complexity index is 1100. The molecule has 0 radical (unpaired) electrons. The second kappa shape index (κ2) is 11.1. The molecule has 2 atom stereocenters. The average molecular weight is 469 g/mol. The van der Waals surface area contributed by atoms with Crippen molar-refractivity contribution in [3.63, 3.8) is 0 Å². The molecule has 4 nitrogen and oxygen atoms in total. The number of benzene rings is 3. The summed E-state index contributed by atoms with van der Waals surface area (Å²) in [7, 11) is 4.12. The van der Waals surface area contributed by atoms with Crippen LogP contribution in [-0.2, 0) is 0 Å². The summed E-state index contributed by atoms with van der Waals surface area (Å²) in [6.45, 7) is 7.23. The molecule has 0 aliphatic carbocycles. The number of carbonyl (C=O) groups is 2. The van der Waals surface area contributed by atoms with Crippen molar-refractivity contribution in [2.45, 2.75) is 19.8 Å². The predicted octanol–water partition coefficient (Wildman–Crippen LogP) is 5.26. The first kappa shape index (κ1) is 25.0. The largest absolute Gasteiger partial charge is 0.308 e. The Morgan fingerprint density at radius 3 is 1.77 bits per heavy atom. The van der Waals surface area contributed by atoms with Crippen LogP contribution in [0.3, 0.4) is 0 Å². The van der Waals surface area contributed by atoms with Gasteiger partial charge in [0.1, 0.15) is 0 Å². The lowest BCUT2D eigenvalue weighted by Gasteiger charge is -2.44. The van der Waals surface area contributed by atoms with Crippen molar-refractivity contribution >= 4 is 11.6 Å². The summed E-state index contributed by atoms with van der Waals surface area (Å²) < 4.78 is 0. The van der Waals surface area contributed by atoms with E-state index in [1.165, 1.54) is 11.1 Å². The van der Waals surface area contributed by atoms with E-state index in [1.54, 1.807) is 0 Å². The summed E-state index contributed by atoms with van der Waals surface area (Å²) in [5.74, 6) is -0.530. The molecule has 0 amide bonds. The lowest BCUT2D eigenvalue weighted by atomic mass is 9.67. The van der Waals surface area contributed by atoms with Gasteiger partial charge >= 0.3 is 0 Å². The lowest BCUT2D eigenvalue weighted by Crippen LogP contribution is -2.51. The highest BCUT2D eigenvalue weighted by Gasteiger charge is 2.45. The summed E-state index contributed by atoms with van der Waals surface area (Å²) >= 11 is 0. The molecule has 1 fully saturated rings. The van der Waals surface area contributed by atoms with Crippen LogP contribution in [0.15, 0.2) is 78.9 Å². The Balaban J connectivity index is 1.83. The van der Waals surface area contributed by atoms with Crippen LogP contribution < -0.4 is 0 Å². The molecular formula is C31H36N2O2. The maximum Gasteiger partial charge on any atom is 0.167 e. The van der Waals surface area contributed by atoms with E-state index in [0.717, 1.165) is 18.7 Å². The number of hydrogen-bond acceptors (Lipinski definition) is 4. The molecule has 0 aromatic heterocycles. The van der Waals surface area contributed by atoms with Crippen molar-refractivity contribution in [3.8, 4) is 0 Å². The van der Waals surface area contributed by atoms with Crippen LogP contribution >= 0.6 is 0 Å². The highest BCUT2D eigenvalue weighted by Crippen LogP contribution is 2.42. The quantitative estimate of drug-likeness (QED) is 0.423. The molecule has 0 spiro atoms. The number of likely N-dealkylation sites (N-methyl/N-ethyl adjacent to an activating group) is 1. The van der Waals surface area contributed by atoms with E-state index in [-0.39, 0.29) is 29.3 Å². The Morgan fingerprint density at radius 1 is 0.771 bits per heavy atom. The standard InChI is InChI=1S/C31H36N2O2/c1-22-12-11-17-26(23(22)2)29-27(30(34)24-13-7-5-8-14-24)20-33(19-18-32(3)4)21-28(29)31(35)25-15-9-6-10-16-25/h5-17,27-29H,18-21H2,1-4H3/t27-,28-/m0/s1. The van der Waals surface area contributed by atoms with Gasteiger partial charge in [0.05, 0.1) is 0 Å². The lowest BCUT2D eigenvalue weighted by molar-refractivity contribution is 0.0559. The molecule has 182 valence electrons. The Morgan fingerprint density at radius 2 is 1.29 bits per heavy atom. The van der Waals surface area contributed by atoms with Gasteiger partial charge in [0, 0.05) is 55.1 Å². The second-order valence-corrected chi connectivity index (χ2v) is 10.1. The fraction of sp³-hybridized carbons (Fsp3) is 0.355. The van der Waals surface area contributed by atoms with Crippen LogP contribution in [0.5, 0.6) is 0 Å². The Hall–Kier alpha value is -3.08. The van der Waals surface area contributed by atoms with Gasteiger partial charge in [-0.2, -0.15) is 0 Å². The number of rotatable bonds is 8. The van der Waals surface area contributed by atoms with E-state index in [0.29, 0.717) is 24.2 Å². The van der Waals surface area contributed by atoms with E-state index < -0.39 is 0 Å². The fourth-order valence-electron chi connectivity index (χ4n) is 5.36. The zero-order chi connectivity index (χ0) is 24.9. The minimum Gasteiger partial charge on any atom is -0.308 e. The molecule has 35 heavy (non-hydrogen) atoms. The molecule has 0 N–H and O–H groups in total. The van der Waals surface area contributed by atoms with Gasteiger partial charge in [-0.15, -0.1) is 0 Å². The fourth-order valence-corrected chi connectivity index (χ4v) is 5.36. The molecular weight excluding hydrogens is 432 g/mol. The van der Waals surface area contributed by atoms with Crippen molar-refractivity contribution in [2.24, 2.45) is 11.8 Å². The number of ketones is 2. The van der Waals surface area contributed by atoms with Crippen molar-refractivity contribution in [3.05, 3.63) is 107 Å². The zero-order valence-corrected chi connectivity index (χ0v) is 21.3. The van der Waals surface area contributed by atoms with Gasteiger partial charge in [-0.25, -0.2) is 0 Å². The van der Waals surface area contributed by atoms with Crippen LogP contribution in [0.1, 0.15) is 43.3 Å². The summed E-state index contributed by atoms with van der Waals surface area (Å²) in [4.78, 5) is 32.5. The van der Waals surface area contributed by atoms with Crippen molar-refractivity contribution in [1.29, 1.82) is 0 Å². The SMILES string of the molecule is Cc1cccc(C2[C@@H](C(=O)c3ccccc3)CN(CCN(C)C)C[C@@H]2C(=O)c2ccccc2)c1C. The first-order valence-electron chi connectivity index (χ1n) is 12.5. The Labute approximate surface area is 209 Å². The highest BCUT2D eigenvalue weighted by molar-refractivity contribution is 6.02. The van der Waals surface area contributed by atoms with Gasteiger partial charge in [-0.1, -0.05) is 78.9 Å². The van der Waals surface area contributed by atoms with E-state index >= 15 is 0 Å². The zero-order valence-electron chi connectivity index (χ0n) is 21.3. The second-order valence-electron chi connectivity index (χ2n) is 10.1. The van der Waals surface area contributed by atoms with Gasteiger partial charge in [0.15, 0.2) is 11.6 Å². The van der Waals surface area contributed by atoms with Crippen LogP contribution in [0.25, 0.3) is 0 Å². The molecule has 4 heteroatoms. The molecule has 3 aromatic carbocycles. The first-order valence-corrected chi connectivity index (χ1v) is 12.5. The van der Waals surface area contributed by atoms with Gasteiger partial charge in [-0.05, 0) is 44.6 Å². The number of piperidine rings is 1. The molecule has 1 saturated heterocycles. The molecule has 0 unspecified atom stereocenters. The molecule has 0 bridgehead atoms. The van der Waals surface area contributed by atoms with E-state index in [9.17, 15) is 9.59 Å². The number of carbonyl (C=O) groups excluding carboxylic acids is 2. The minimum atomic E-state index is -0.300. The maximum atomic E-state index is 14.0. The smallest absolute Gasteiger partial charge is 0.167 e. The van der Waals surface area contributed by atoms with E-state index in [2.05, 4.69) is 55.9 Å². The molecule has 0 saturated carbocycles. The summed E-state index contributed by atoms with van der Waals surface area (Å²) in [5.41, 5.74) is 4.92. The number of likely N-dealkylation sites (tertiary alicyclic amines) is 1. The third kappa shape index (κ3) is 5.61. The average Bonchev–Trinajstić information content (AvgIpc) is 2.89. The summed E-state index contributed by atoms with van der Waals surface area (Å²) in [5, 5.41) is 0. The number of Topliss-reactive ketones (excluding diaryl/α,β-unsaturated/α-hetero) is 2. The summed E-state index contributed by atoms with van der Waals surface area (Å²) in [6, 6.07) is 25.4. The van der Waals surface area contributed by atoms with Gasteiger partial charge in [-0.3, -0.25) is 9.59 Å². The van der Waals surface area contributed by atoms with Crippen LogP contribution in [0.4, 0.5) is 0 Å². The van der Waals surface area contributed by atoms with E-state index in [4.69, 9.17) is 0 Å². The minimum absolute atomic E-state index is 0.122. The molecule has 1 aliphatic heterocycles. The van der Waals surface area contributed by atoms with Gasteiger partial charge < -0.3 is 9.80 Å². The molecule has 1 heterocycles. The summed E-state index contributed by atoms with van der Waals surface area (Å²) in [6.07, 6.45) is 0. The van der Waals surface area contributed by atoms with E-state index in [1.807, 2.05) is 60.7 Å².